The van der Waals surface area contributed by atoms with E-state index in [1.807, 2.05) is 0 Å². The van der Waals surface area contributed by atoms with Crippen molar-refractivity contribution in [3.8, 4) is 6.07 Å². The Hall–Kier alpha value is -1.58. The van der Waals surface area contributed by atoms with Gasteiger partial charge in [-0.1, -0.05) is 28.9 Å². The number of rotatable bonds is 3. The molecule has 0 amide bonds. The van der Waals surface area contributed by atoms with E-state index >= 15 is 0 Å². The molecule has 1 aromatic carbocycles. The Morgan fingerprint density at radius 2 is 2.00 bits per heavy atom. The number of halogens is 1. The number of nitrogens with zero attached hydrogens (tertiary/aromatic N) is 2. The zero-order chi connectivity index (χ0) is 12.2. The van der Waals surface area contributed by atoms with Gasteiger partial charge in [-0.25, -0.2) is 0 Å². The molecule has 84 valence electrons. The highest BCUT2D eigenvalue weighted by Crippen LogP contribution is 2.10. The van der Waals surface area contributed by atoms with Gasteiger partial charge in [-0.05, 0) is 12.1 Å². The second-order valence-corrected chi connectivity index (χ2v) is 4.83. The van der Waals surface area contributed by atoms with Crippen molar-refractivity contribution in [2.75, 3.05) is 6.26 Å². The largest absolute Gasteiger partial charge is 0.325 e. The second kappa shape index (κ2) is 4.96. The average molecular weight is 259 g/mol. The average Bonchev–Trinajstić information content (AvgIpc) is 2.20. The molecule has 0 bridgehead atoms. The Labute approximate surface area is 98.0 Å². The summed E-state index contributed by atoms with van der Waals surface area (Å²) in [5.41, 5.74) is 0.289. The van der Waals surface area contributed by atoms with E-state index in [-0.39, 0.29) is 5.71 Å². The normalized spacial score (nSPS) is 11.9. The van der Waals surface area contributed by atoms with Crippen LogP contribution in [0.2, 0.25) is 5.02 Å². The molecule has 0 aliphatic heterocycles. The predicted molar refractivity (Wildman–Crippen MR) is 59.5 cm³/mol. The molecule has 0 saturated carbocycles. The van der Waals surface area contributed by atoms with Gasteiger partial charge < -0.3 is 0 Å². The van der Waals surface area contributed by atoms with Crippen molar-refractivity contribution in [1.82, 2.24) is 0 Å². The molecule has 0 aromatic heterocycles. The van der Waals surface area contributed by atoms with Crippen molar-refractivity contribution < 1.29 is 12.7 Å². The van der Waals surface area contributed by atoms with E-state index in [1.165, 1.54) is 12.1 Å². The zero-order valence-corrected chi connectivity index (χ0v) is 9.79. The first-order valence-electron chi connectivity index (χ1n) is 4.05. The molecule has 16 heavy (non-hydrogen) atoms. The van der Waals surface area contributed by atoms with Crippen LogP contribution in [0.25, 0.3) is 0 Å². The first-order chi connectivity index (χ1) is 7.42. The van der Waals surface area contributed by atoms with Gasteiger partial charge in [0.2, 0.25) is 0 Å². The van der Waals surface area contributed by atoms with Crippen LogP contribution in [-0.4, -0.2) is 20.4 Å². The lowest BCUT2D eigenvalue weighted by molar-refractivity contribution is 0.344. The maximum atomic E-state index is 10.7. The van der Waals surface area contributed by atoms with Crippen molar-refractivity contribution >= 4 is 27.4 Å². The van der Waals surface area contributed by atoms with Crippen molar-refractivity contribution in [3.63, 3.8) is 0 Å². The molecule has 5 nitrogen and oxygen atoms in total. The Morgan fingerprint density at radius 3 is 2.44 bits per heavy atom. The van der Waals surface area contributed by atoms with Crippen LogP contribution in [0.5, 0.6) is 0 Å². The number of nitriles is 1. The van der Waals surface area contributed by atoms with E-state index in [0.29, 0.717) is 10.6 Å². The standard InChI is InChI=1S/C9H7ClN2O3S/c1-16(13,14)15-12-9(6-11)7-2-4-8(10)5-3-7/h2-5H,1H3/b12-9+. The van der Waals surface area contributed by atoms with E-state index in [9.17, 15) is 8.42 Å². The van der Waals surface area contributed by atoms with Crippen LogP contribution in [0.1, 0.15) is 5.56 Å². The molecular weight excluding hydrogens is 252 g/mol. The van der Waals surface area contributed by atoms with Gasteiger partial charge in [0.15, 0.2) is 5.71 Å². The Balaban J connectivity index is 3.00. The van der Waals surface area contributed by atoms with E-state index in [4.69, 9.17) is 16.9 Å². The maximum absolute atomic E-state index is 10.7. The lowest BCUT2D eigenvalue weighted by Crippen LogP contribution is -2.03. The third-order valence-corrected chi connectivity index (χ3v) is 2.08. The van der Waals surface area contributed by atoms with Gasteiger partial charge in [0, 0.05) is 10.6 Å². The molecule has 0 N–H and O–H groups in total. The van der Waals surface area contributed by atoms with Gasteiger partial charge in [-0.15, -0.1) is 0 Å². The summed E-state index contributed by atoms with van der Waals surface area (Å²) in [6.07, 6.45) is 0.841. The summed E-state index contributed by atoms with van der Waals surface area (Å²) in [4.78, 5) is 0. The van der Waals surface area contributed by atoms with E-state index in [2.05, 4.69) is 9.44 Å². The van der Waals surface area contributed by atoms with Crippen LogP contribution in [0, 0.1) is 11.3 Å². The fraction of sp³-hybridized carbons (Fsp3) is 0.111. The minimum absolute atomic E-state index is 0.137. The molecule has 0 heterocycles. The predicted octanol–water partition coefficient (Wildman–Crippen LogP) is 1.54. The van der Waals surface area contributed by atoms with E-state index < -0.39 is 10.1 Å². The molecule has 0 radical (unpaired) electrons. The topological polar surface area (TPSA) is 79.5 Å². The molecule has 0 aliphatic carbocycles. The summed E-state index contributed by atoms with van der Waals surface area (Å²) >= 11 is 5.66. The first-order valence-corrected chi connectivity index (χ1v) is 6.24. The van der Waals surface area contributed by atoms with Crippen molar-refractivity contribution in [3.05, 3.63) is 34.9 Å². The van der Waals surface area contributed by atoms with E-state index in [0.717, 1.165) is 6.26 Å². The summed E-state index contributed by atoms with van der Waals surface area (Å²) in [6.45, 7) is 0. The molecule has 0 spiro atoms. The third-order valence-electron chi connectivity index (χ3n) is 1.49. The first kappa shape index (κ1) is 12.5. The quantitative estimate of drug-likeness (QED) is 0.608. The molecule has 7 heteroatoms. The summed E-state index contributed by atoms with van der Waals surface area (Å²) in [6, 6.07) is 7.92. The molecule has 0 fully saturated rings. The monoisotopic (exact) mass is 258 g/mol. The summed E-state index contributed by atoms with van der Waals surface area (Å²) in [5.74, 6) is 0. The van der Waals surface area contributed by atoms with Gasteiger partial charge in [-0.3, -0.25) is 4.28 Å². The summed E-state index contributed by atoms with van der Waals surface area (Å²) in [5, 5.41) is 12.5. The van der Waals surface area contributed by atoms with Gasteiger partial charge in [0.05, 0.1) is 6.26 Å². The number of hydrogen-bond acceptors (Lipinski definition) is 5. The second-order valence-electron chi connectivity index (χ2n) is 2.84. The molecule has 0 atom stereocenters. The number of benzene rings is 1. The van der Waals surface area contributed by atoms with Crippen molar-refractivity contribution in [1.29, 1.82) is 5.26 Å². The Kier molecular flexibility index (Phi) is 3.88. The minimum Gasteiger partial charge on any atom is -0.267 e. The van der Waals surface area contributed by atoms with Gasteiger partial charge in [0.1, 0.15) is 6.07 Å². The van der Waals surface area contributed by atoms with Crippen LogP contribution in [-0.2, 0) is 14.4 Å². The fourth-order valence-corrected chi connectivity index (χ4v) is 1.19. The molecule has 1 rings (SSSR count). The Morgan fingerprint density at radius 1 is 1.44 bits per heavy atom. The van der Waals surface area contributed by atoms with Crippen LogP contribution in [0.4, 0.5) is 0 Å². The van der Waals surface area contributed by atoms with Gasteiger partial charge in [0.25, 0.3) is 0 Å². The van der Waals surface area contributed by atoms with Crippen LogP contribution >= 0.6 is 11.6 Å². The van der Waals surface area contributed by atoms with Crippen molar-refractivity contribution in [2.45, 2.75) is 0 Å². The third kappa shape index (κ3) is 3.88. The van der Waals surface area contributed by atoms with Crippen LogP contribution in [0.15, 0.2) is 29.4 Å². The Bertz CT molecular complexity index is 543. The number of hydrogen-bond donors (Lipinski definition) is 0. The zero-order valence-electron chi connectivity index (χ0n) is 8.21. The maximum Gasteiger partial charge on any atom is 0.325 e. The SMILES string of the molecule is CS(=O)(=O)O/N=C(\C#N)c1ccc(Cl)cc1. The minimum atomic E-state index is -3.71. The molecule has 1 aromatic rings. The fourth-order valence-electron chi connectivity index (χ4n) is 0.850. The highest BCUT2D eigenvalue weighted by molar-refractivity contribution is 7.85. The lowest BCUT2D eigenvalue weighted by atomic mass is 10.1. The van der Waals surface area contributed by atoms with Crippen LogP contribution < -0.4 is 0 Å². The molecule has 0 unspecified atom stereocenters. The smallest absolute Gasteiger partial charge is 0.267 e. The molecular formula is C9H7ClN2O3S. The van der Waals surface area contributed by atoms with Gasteiger partial charge >= 0.3 is 10.1 Å². The van der Waals surface area contributed by atoms with Gasteiger partial charge in [-0.2, -0.15) is 13.7 Å². The van der Waals surface area contributed by atoms with E-state index in [1.54, 1.807) is 18.2 Å². The molecule has 0 saturated heterocycles. The van der Waals surface area contributed by atoms with Crippen molar-refractivity contribution in [2.24, 2.45) is 5.16 Å². The highest BCUT2D eigenvalue weighted by atomic mass is 35.5. The number of oxime groups is 1. The molecule has 0 aliphatic rings. The van der Waals surface area contributed by atoms with Crippen LogP contribution in [0.3, 0.4) is 0 Å². The summed E-state index contributed by atoms with van der Waals surface area (Å²) in [7, 11) is -3.71. The summed E-state index contributed by atoms with van der Waals surface area (Å²) < 4.78 is 25.5. The lowest BCUT2D eigenvalue weighted by Gasteiger charge is -1.98. The highest BCUT2D eigenvalue weighted by Gasteiger charge is 2.06.